The summed E-state index contributed by atoms with van der Waals surface area (Å²) in [5.74, 6) is 0.594. The Morgan fingerprint density at radius 1 is 1.38 bits per heavy atom. The molecule has 0 amide bonds. The van der Waals surface area contributed by atoms with Crippen LogP contribution in [0.4, 0.5) is 0 Å². The van der Waals surface area contributed by atoms with Crippen molar-refractivity contribution < 1.29 is 4.79 Å². The summed E-state index contributed by atoms with van der Waals surface area (Å²) in [6.45, 7) is 5.13. The Balaban J connectivity index is 1.64. The molecule has 2 heterocycles. The third-order valence-corrected chi connectivity index (χ3v) is 6.44. The molecule has 6 heteroatoms. The van der Waals surface area contributed by atoms with Crippen molar-refractivity contribution in [3.8, 4) is 0 Å². The quantitative estimate of drug-likeness (QED) is 0.403. The summed E-state index contributed by atoms with van der Waals surface area (Å²) in [6, 6.07) is 2.04. The molecule has 0 fully saturated rings. The maximum atomic E-state index is 12.5. The fraction of sp³-hybridized carbons (Fsp3) is 0.500. The number of ketones is 1. The predicted octanol–water partition coefficient (Wildman–Crippen LogP) is 4.82. The van der Waals surface area contributed by atoms with Crippen LogP contribution in [0.5, 0.6) is 0 Å². The van der Waals surface area contributed by atoms with E-state index < -0.39 is 0 Å². The van der Waals surface area contributed by atoms with E-state index in [0.29, 0.717) is 5.75 Å². The number of rotatable bonds is 7. The molecule has 2 aromatic rings. The number of nitrogens with zero attached hydrogens (tertiary/aromatic N) is 3. The first-order chi connectivity index (χ1) is 11.6. The van der Waals surface area contributed by atoms with Crippen LogP contribution in [-0.4, -0.2) is 26.3 Å². The highest BCUT2D eigenvalue weighted by Gasteiger charge is 2.17. The lowest BCUT2D eigenvalue weighted by Gasteiger charge is -2.15. The Kier molecular flexibility index (Phi) is 5.89. The second kappa shape index (κ2) is 8.12. The minimum Gasteiger partial charge on any atom is -0.348 e. The number of carbonyl (C=O) groups excluding carboxylic acids is 1. The first kappa shape index (κ1) is 17.4. The Morgan fingerprint density at radius 3 is 2.96 bits per heavy atom. The van der Waals surface area contributed by atoms with Gasteiger partial charge in [-0.2, -0.15) is 0 Å². The molecule has 0 N–H and O–H groups in total. The summed E-state index contributed by atoms with van der Waals surface area (Å²) >= 11 is 2.94. The SMILES string of the molecule is Cc1cc(C(=O)CSc2nncs2)c(C)n1CCC1=CCCCC1. The summed E-state index contributed by atoms with van der Waals surface area (Å²) in [6.07, 6.45) is 8.62. The third-order valence-electron chi connectivity index (χ3n) is 4.58. The van der Waals surface area contributed by atoms with Gasteiger partial charge in [-0.25, -0.2) is 0 Å². The molecule has 0 bridgehead atoms. The van der Waals surface area contributed by atoms with Gasteiger partial charge in [0.2, 0.25) is 0 Å². The van der Waals surface area contributed by atoms with Gasteiger partial charge in [-0.1, -0.05) is 34.7 Å². The fourth-order valence-electron chi connectivity index (χ4n) is 3.25. The Labute approximate surface area is 151 Å². The van der Waals surface area contributed by atoms with Crippen molar-refractivity contribution in [2.45, 2.75) is 56.8 Å². The smallest absolute Gasteiger partial charge is 0.174 e. The molecule has 0 saturated heterocycles. The Bertz CT molecular complexity index is 732. The first-order valence-electron chi connectivity index (χ1n) is 8.42. The minimum absolute atomic E-state index is 0.173. The van der Waals surface area contributed by atoms with Gasteiger partial charge in [0.1, 0.15) is 5.51 Å². The second-order valence-electron chi connectivity index (χ2n) is 6.21. The lowest BCUT2D eigenvalue weighted by Crippen LogP contribution is -2.08. The van der Waals surface area contributed by atoms with Crippen LogP contribution in [0.15, 0.2) is 27.6 Å². The molecule has 2 aromatic heterocycles. The van der Waals surface area contributed by atoms with Crippen molar-refractivity contribution in [3.63, 3.8) is 0 Å². The van der Waals surface area contributed by atoms with Gasteiger partial charge in [0.25, 0.3) is 0 Å². The number of Topliss-reactive ketones (excluding diaryl/α,β-unsaturated/α-hetero) is 1. The average Bonchev–Trinajstić information content (AvgIpc) is 3.21. The largest absolute Gasteiger partial charge is 0.348 e. The van der Waals surface area contributed by atoms with Crippen LogP contribution < -0.4 is 0 Å². The molecule has 0 radical (unpaired) electrons. The normalized spacial score (nSPS) is 14.7. The third kappa shape index (κ3) is 4.16. The molecule has 0 unspecified atom stereocenters. The van der Waals surface area contributed by atoms with Crippen LogP contribution in [0.25, 0.3) is 0 Å². The lowest BCUT2D eigenvalue weighted by atomic mass is 9.97. The van der Waals surface area contributed by atoms with E-state index in [9.17, 15) is 4.79 Å². The topological polar surface area (TPSA) is 47.8 Å². The maximum Gasteiger partial charge on any atom is 0.174 e. The molecule has 0 aromatic carbocycles. The Hall–Kier alpha value is -1.40. The van der Waals surface area contributed by atoms with Crippen molar-refractivity contribution in [3.05, 3.63) is 40.2 Å². The number of allylic oxidation sites excluding steroid dienone is 2. The van der Waals surface area contributed by atoms with E-state index in [1.54, 1.807) is 11.1 Å². The maximum absolute atomic E-state index is 12.5. The van der Waals surface area contributed by atoms with Crippen LogP contribution >= 0.6 is 23.1 Å². The Morgan fingerprint density at radius 2 is 2.25 bits per heavy atom. The zero-order valence-electron chi connectivity index (χ0n) is 14.2. The minimum atomic E-state index is 0.173. The van der Waals surface area contributed by atoms with Crippen molar-refractivity contribution in [2.24, 2.45) is 0 Å². The highest BCUT2D eigenvalue weighted by atomic mass is 32.2. The molecule has 0 saturated carbocycles. The van der Waals surface area contributed by atoms with E-state index in [4.69, 9.17) is 0 Å². The highest BCUT2D eigenvalue weighted by Crippen LogP contribution is 2.25. The van der Waals surface area contributed by atoms with Gasteiger partial charge in [0, 0.05) is 23.5 Å². The molecule has 0 aliphatic heterocycles. The van der Waals surface area contributed by atoms with Gasteiger partial charge in [0.15, 0.2) is 10.1 Å². The van der Waals surface area contributed by atoms with Crippen LogP contribution in [0.2, 0.25) is 0 Å². The zero-order chi connectivity index (χ0) is 16.9. The van der Waals surface area contributed by atoms with E-state index in [1.165, 1.54) is 54.5 Å². The molecular formula is C18H23N3OS2. The molecule has 1 aliphatic carbocycles. The summed E-state index contributed by atoms with van der Waals surface area (Å²) in [5, 5.41) is 7.78. The molecule has 0 atom stereocenters. The van der Waals surface area contributed by atoms with Crippen molar-refractivity contribution >= 4 is 28.9 Å². The average molecular weight is 362 g/mol. The number of aryl methyl sites for hydroxylation is 1. The summed E-state index contributed by atoms with van der Waals surface area (Å²) < 4.78 is 3.14. The number of hydrogen-bond donors (Lipinski definition) is 0. The van der Waals surface area contributed by atoms with Gasteiger partial charge < -0.3 is 4.57 Å². The summed E-state index contributed by atoms with van der Waals surface area (Å²) in [5.41, 5.74) is 6.38. The van der Waals surface area contributed by atoms with Gasteiger partial charge in [0.05, 0.1) is 5.75 Å². The van der Waals surface area contributed by atoms with Crippen molar-refractivity contribution in [1.29, 1.82) is 0 Å². The van der Waals surface area contributed by atoms with E-state index in [2.05, 4.69) is 34.7 Å². The van der Waals surface area contributed by atoms with E-state index in [-0.39, 0.29) is 5.78 Å². The molecular weight excluding hydrogens is 338 g/mol. The van der Waals surface area contributed by atoms with Gasteiger partial charge in [-0.05, 0) is 52.0 Å². The van der Waals surface area contributed by atoms with Crippen molar-refractivity contribution in [2.75, 3.05) is 5.75 Å². The van der Waals surface area contributed by atoms with Gasteiger partial charge in [-0.15, -0.1) is 10.2 Å². The molecule has 24 heavy (non-hydrogen) atoms. The second-order valence-corrected chi connectivity index (χ2v) is 8.27. The van der Waals surface area contributed by atoms with Crippen LogP contribution in [0.3, 0.4) is 0 Å². The fourth-order valence-corrected chi connectivity index (χ4v) is 4.62. The van der Waals surface area contributed by atoms with Gasteiger partial charge in [-0.3, -0.25) is 4.79 Å². The molecule has 4 nitrogen and oxygen atoms in total. The van der Waals surface area contributed by atoms with Crippen LogP contribution in [0.1, 0.15) is 53.8 Å². The van der Waals surface area contributed by atoms with Gasteiger partial charge >= 0.3 is 0 Å². The number of thioether (sulfide) groups is 1. The zero-order valence-corrected chi connectivity index (χ0v) is 15.9. The highest BCUT2D eigenvalue weighted by molar-refractivity contribution is 8.01. The first-order valence-corrected chi connectivity index (χ1v) is 10.3. The molecule has 3 rings (SSSR count). The standard InChI is InChI=1S/C18H23N3OS2/c1-13-10-16(17(22)11-23-18-20-19-12-24-18)14(2)21(13)9-8-15-6-4-3-5-7-15/h6,10,12H,3-5,7-9,11H2,1-2H3. The number of carbonyl (C=O) groups is 1. The van der Waals surface area contributed by atoms with E-state index in [0.717, 1.165) is 28.6 Å². The predicted molar refractivity (Wildman–Crippen MR) is 100 cm³/mol. The summed E-state index contributed by atoms with van der Waals surface area (Å²) in [4.78, 5) is 12.5. The lowest BCUT2D eigenvalue weighted by molar-refractivity contribution is 0.102. The van der Waals surface area contributed by atoms with E-state index in [1.807, 2.05) is 6.07 Å². The van der Waals surface area contributed by atoms with Crippen LogP contribution in [-0.2, 0) is 6.54 Å². The molecule has 0 spiro atoms. The number of hydrogen-bond acceptors (Lipinski definition) is 5. The van der Waals surface area contributed by atoms with Crippen molar-refractivity contribution in [1.82, 2.24) is 14.8 Å². The van der Waals surface area contributed by atoms with Crippen LogP contribution in [0, 0.1) is 13.8 Å². The molecule has 128 valence electrons. The monoisotopic (exact) mass is 361 g/mol. The molecule has 1 aliphatic rings. The van der Waals surface area contributed by atoms with E-state index >= 15 is 0 Å². The number of aromatic nitrogens is 3. The summed E-state index contributed by atoms with van der Waals surface area (Å²) in [7, 11) is 0.